The molecule has 11 nitrogen and oxygen atoms in total. The molecule has 0 unspecified atom stereocenters. The highest BCUT2D eigenvalue weighted by Gasteiger charge is 2.21. The number of nitrogens with zero attached hydrogens (tertiary/aromatic N) is 5. The molecule has 0 aliphatic heterocycles. The van der Waals surface area contributed by atoms with E-state index in [1.807, 2.05) is 0 Å². The predicted octanol–water partition coefficient (Wildman–Crippen LogP) is 1.39. The van der Waals surface area contributed by atoms with Crippen LogP contribution in [0.25, 0.3) is 11.4 Å². The van der Waals surface area contributed by atoms with Crippen molar-refractivity contribution in [3.05, 3.63) is 30.2 Å². The van der Waals surface area contributed by atoms with Gasteiger partial charge in [-0.15, -0.1) is 10.2 Å². The second-order valence-electron chi connectivity index (χ2n) is 5.22. The van der Waals surface area contributed by atoms with E-state index in [0.29, 0.717) is 6.61 Å². The van der Waals surface area contributed by atoms with Crippen LogP contribution in [-0.4, -0.2) is 52.2 Å². The number of tetrazole rings is 1. The largest absolute Gasteiger partial charge is 0.476 e. The molecule has 0 atom stereocenters. The highest BCUT2D eigenvalue weighted by Crippen LogP contribution is 2.28. The minimum absolute atomic E-state index is 0.00466. The Bertz CT molecular complexity index is 1060. The maximum Gasteiger partial charge on any atom is 0.319 e. The number of benzene rings is 1. The number of nitrogens with one attached hydrogen (secondary N) is 2. The number of ether oxygens (including phenoxy) is 2. The molecule has 0 aliphatic carbocycles. The number of sulfonamides is 1. The molecule has 3 aromatic rings. The lowest BCUT2D eigenvalue weighted by Crippen LogP contribution is -2.15. The van der Waals surface area contributed by atoms with Crippen molar-refractivity contribution >= 4 is 15.7 Å². The molecule has 0 spiro atoms. The van der Waals surface area contributed by atoms with Gasteiger partial charge in [-0.05, 0) is 37.3 Å². The molecule has 13 heteroatoms. The fourth-order valence-corrected chi connectivity index (χ4v) is 3.26. The summed E-state index contributed by atoms with van der Waals surface area (Å²) >= 11 is 0. The van der Waals surface area contributed by atoms with Crippen LogP contribution >= 0.6 is 0 Å². The van der Waals surface area contributed by atoms with Crippen molar-refractivity contribution in [2.75, 3.05) is 17.9 Å². The quantitative estimate of drug-likeness (QED) is 0.563. The van der Waals surface area contributed by atoms with Crippen molar-refractivity contribution in [3.63, 3.8) is 0 Å². The minimum Gasteiger partial charge on any atom is -0.476 e. The highest BCUT2D eigenvalue weighted by atomic mass is 32.2. The van der Waals surface area contributed by atoms with Gasteiger partial charge in [-0.25, -0.2) is 17.8 Å². The highest BCUT2D eigenvalue weighted by molar-refractivity contribution is 7.92. The summed E-state index contributed by atoms with van der Waals surface area (Å²) in [6, 6.07) is 3.25. The maximum atomic E-state index is 14.0. The van der Waals surface area contributed by atoms with Crippen LogP contribution in [0.1, 0.15) is 13.8 Å². The van der Waals surface area contributed by atoms with Crippen LogP contribution in [0.5, 0.6) is 11.9 Å². The van der Waals surface area contributed by atoms with Crippen molar-refractivity contribution in [2.45, 2.75) is 18.7 Å². The molecule has 148 valence electrons. The summed E-state index contributed by atoms with van der Waals surface area (Å²) < 4.78 is 52.4. The van der Waals surface area contributed by atoms with Gasteiger partial charge in [-0.2, -0.15) is 10.2 Å². The van der Waals surface area contributed by atoms with Crippen molar-refractivity contribution in [1.29, 1.82) is 0 Å². The zero-order valence-electron chi connectivity index (χ0n) is 14.9. The van der Waals surface area contributed by atoms with E-state index in [9.17, 15) is 12.8 Å². The normalized spacial score (nSPS) is 11.2. The topological polar surface area (TPSA) is 145 Å². The van der Waals surface area contributed by atoms with Gasteiger partial charge in [-0.3, -0.25) is 4.72 Å². The fourth-order valence-electron chi connectivity index (χ4n) is 2.19. The zero-order chi connectivity index (χ0) is 20.1. The second-order valence-corrected chi connectivity index (χ2v) is 6.90. The fraction of sp³-hybridized carbons (Fsp3) is 0.267. The summed E-state index contributed by atoms with van der Waals surface area (Å²) in [4.78, 5) is 7.74. The van der Waals surface area contributed by atoms with Gasteiger partial charge in [0.15, 0.2) is 0 Å². The lowest BCUT2D eigenvalue weighted by atomic mass is 10.2. The average molecular weight is 409 g/mol. The number of rotatable bonds is 8. The lowest BCUT2D eigenvalue weighted by Gasteiger charge is -2.13. The molecular weight excluding hydrogens is 393 g/mol. The van der Waals surface area contributed by atoms with Gasteiger partial charge in [0.25, 0.3) is 10.0 Å². The summed E-state index contributed by atoms with van der Waals surface area (Å²) in [7, 11) is -4.11. The lowest BCUT2D eigenvalue weighted by molar-refractivity contribution is 0.290. The summed E-state index contributed by atoms with van der Waals surface area (Å²) in [6.45, 7) is 4.06. The Labute approximate surface area is 159 Å². The monoisotopic (exact) mass is 409 g/mol. The van der Waals surface area contributed by atoms with Gasteiger partial charge >= 0.3 is 6.01 Å². The molecule has 0 fully saturated rings. The van der Waals surface area contributed by atoms with Crippen LogP contribution in [0, 0.1) is 5.82 Å². The summed E-state index contributed by atoms with van der Waals surface area (Å²) in [5.74, 6) is -0.765. The molecule has 0 aliphatic rings. The number of hydrogen-bond acceptors (Lipinski definition) is 9. The Hall–Kier alpha value is -3.35. The van der Waals surface area contributed by atoms with Gasteiger partial charge < -0.3 is 9.47 Å². The molecule has 0 saturated heterocycles. The van der Waals surface area contributed by atoms with Crippen LogP contribution in [0.2, 0.25) is 0 Å². The standard InChI is InChI=1S/C15H16FN7O4S/c1-3-26-14-12(8-17-15(18-14)27-4-2)21-28(24,25)9-5-6-11(16)10(7-9)13-19-22-23-20-13/h5-8,21H,3-4H2,1-2H3,(H,19,20,22,23). The van der Waals surface area contributed by atoms with Crippen molar-refractivity contribution in [2.24, 2.45) is 0 Å². The number of aromatic amines is 1. The van der Waals surface area contributed by atoms with Gasteiger partial charge in [0.1, 0.15) is 11.5 Å². The molecule has 28 heavy (non-hydrogen) atoms. The first-order valence-corrected chi connectivity index (χ1v) is 9.61. The van der Waals surface area contributed by atoms with Gasteiger partial charge in [0.05, 0.1) is 29.9 Å². The first kappa shape index (κ1) is 19.4. The Morgan fingerprint density at radius 2 is 2.00 bits per heavy atom. The van der Waals surface area contributed by atoms with Crippen LogP contribution in [0.15, 0.2) is 29.3 Å². The zero-order valence-corrected chi connectivity index (χ0v) is 15.7. The van der Waals surface area contributed by atoms with Crippen LogP contribution in [-0.2, 0) is 10.0 Å². The van der Waals surface area contributed by atoms with Crippen molar-refractivity contribution < 1.29 is 22.3 Å². The van der Waals surface area contributed by atoms with Crippen LogP contribution in [0.4, 0.5) is 10.1 Å². The minimum atomic E-state index is -4.11. The third-order valence-electron chi connectivity index (χ3n) is 3.36. The molecule has 0 saturated carbocycles. The number of halogens is 1. The van der Waals surface area contributed by atoms with Gasteiger partial charge in [0.2, 0.25) is 11.7 Å². The smallest absolute Gasteiger partial charge is 0.319 e. The van der Waals surface area contributed by atoms with Crippen molar-refractivity contribution in [3.8, 4) is 23.3 Å². The Kier molecular flexibility index (Phi) is 5.63. The predicted molar refractivity (Wildman–Crippen MR) is 94.8 cm³/mol. The summed E-state index contributed by atoms with van der Waals surface area (Å²) in [5.41, 5.74) is -0.111. The molecular formula is C15H16FN7O4S. The number of aromatic nitrogens is 6. The summed E-state index contributed by atoms with van der Waals surface area (Å²) in [6.07, 6.45) is 1.23. The van der Waals surface area contributed by atoms with Crippen LogP contribution < -0.4 is 14.2 Å². The summed E-state index contributed by atoms with van der Waals surface area (Å²) in [5, 5.41) is 12.9. The molecule has 2 aromatic heterocycles. The first-order valence-electron chi connectivity index (χ1n) is 8.13. The number of anilines is 1. The average Bonchev–Trinajstić information content (AvgIpc) is 3.19. The molecule has 0 bridgehead atoms. The molecule has 3 rings (SSSR count). The molecule has 0 amide bonds. The van der Waals surface area contributed by atoms with E-state index >= 15 is 0 Å². The Morgan fingerprint density at radius 3 is 2.68 bits per heavy atom. The third kappa shape index (κ3) is 4.14. The Morgan fingerprint density at radius 1 is 1.21 bits per heavy atom. The second kappa shape index (κ2) is 8.12. The van der Waals surface area contributed by atoms with E-state index in [1.165, 1.54) is 6.20 Å². The third-order valence-corrected chi connectivity index (χ3v) is 4.73. The van der Waals surface area contributed by atoms with Gasteiger partial charge in [-0.1, -0.05) is 0 Å². The Balaban J connectivity index is 1.95. The van der Waals surface area contributed by atoms with E-state index in [0.717, 1.165) is 18.2 Å². The molecule has 2 heterocycles. The molecule has 2 N–H and O–H groups in total. The van der Waals surface area contributed by atoms with Gasteiger partial charge in [0, 0.05) is 0 Å². The van der Waals surface area contributed by atoms with E-state index in [2.05, 4.69) is 35.3 Å². The van der Waals surface area contributed by atoms with Crippen LogP contribution in [0.3, 0.4) is 0 Å². The van der Waals surface area contributed by atoms with E-state index in [1.54, 1.807) is 13.8 Å². The van der Waals surface area contributed by atoms with E-state index in [4.69, 9.17) is 9.47 Å². The number of H-pyrrole nitrogens is 1. The number of hydrogen-bond donors (Lipinski definition) is 2. The van der Waals surface area contributed by atoms with Crippen molar-refractivity contribution in [1.82, 2.24) is 30.6 Å². The van der Waals surface area contributed by atoms with E-state index in [-0.39, 0.29) is 40.5 Å². The first-order chi connectivity index (χ1) is 13.4. The van der Waals surface area contributed by atoms with E-state index < -0.39 is 15.8 Å². The molecule has 1 aromatic carbocycles. The molecule has 0 radical (unpaired) electrons. The SMILES string of the molecule is CCOc1ncc(NS(=O)(=O)c2ccc(F)c(-c3nn[nH]n3)c2)c(OCC)n1. The maximum absolute atomic E-state index is 14.0.